The topological polar surface area (TPSA) is 24.5 Å². The molecule has 0 bridgehead atoms. The monoisotopic (exact) mass is 278 g/mol. The Morgan fingerprint density at radius 2 is 1.85 bits per heavy atom. The van der Waals surface area contributed by atoms with E-state index in [0.29, 0.717) is 0 Å². The average molecular weight is 278 g/mol. The van der Waals surface area contributed by atoms with Gasteiger partial charge in [0.2, 0.25) is 0 Å². The fourth-order valence-corrected chi connectivity index (χ4v) is 2.19. The van der Waals surface area contributed by atoms with Gasteiger partial charge in [-0.15, -0.1) is 0 Å². The summed E-state index contributed by atoms with van der Waals surface area (Å²) in [5.41, 5.74) is 1.25. The zero-order chi connectivity index (χ0) is 14.6. The minimum absolute atomic E-state index is 0.791. The van der Waals surface area contributed by atoms with Crippen LogP contribution < -0.4 is 10.1 Å². The van der Waals surface area contributed by atoms with E-state index < -0.39 is 0 Å². The van der Waals surface area contributed by atoms with Crippen molar-refractivity contribution in [2.45, 2.75) is 40.2 Å². The molecule has 0 aromatic heterocycles. The first-order chi connectivity index (χ1) is 9.81. The molecule has 0 atom stereocenters. The van der Waals surface area contributed by atoms with Gasteiger partial charge in [-0.05, 0) is 45.1 Å². The van der Waals surface area contributed by atoms with E-state index in [-0.39, 0.29) is 0 Å². The molecule has 0 aliphatic rings. The summed E-state index contributed by atoms with van der Waals surface area (Å²) in [6.07, 6.45) is 2.24. The van der Waals surface area contributed by atoms with Crippen molar-refractivity contribution in [3.63, 3.8) is 0 Å². The number of benzene rings is 1. The first-order valence-corrected chi connectivity index (χ1v) is 7.95. The van der Waals surface area contributed by atoms with Crippen LogP contribution in [0.5, 0.6) is 5.75 Å². The predicted octanol–water partition coefficient (Wildman–Crippen LogP) is 3.30. The van der Waals surface area contributed by atoms with Crippen LogP contribution in [-0.2, 0) is 6.54 Å². The van der Waals surface area contributed by atoms with Gasteiger partial charge in [0, 0.05) is 12.1 Å². The summed E-state index contributed by atoms with van der Waals surface area (Å²) in [5, 5.41) is 3.52. The summed E-state index contributed by atoms with van der Waals surface area (Å²) in [7, 11) is 0. The van der Waals surface area contributed by atoms with Crippen molar-refractivity contribution in [2.75, 3.05) is 32.8 Å². The van der Waals surface area contributed by atoms with Gasteiger partial charge in [0.15, 0.2) is 0 Å². The zero-order valence-corrected chi connectivity index (χ0v) is 13.3. The van der Waals surface area contributed by atoms with Crippen LogP contribution in [0.1, 0.15) is 39.2 Å². The fourth-order valence-electron chi connectivity index (χ4n) is 2.19. The third kappa shape index (κ3) is 6.40. The van der Waals surface area contributed by atoms with Gasteiger partial charge in [0.05, 0.1) is 6.61 Å². The fraction of sp³-hybridized carbons (Fsp3) is 0.647. The Morgan fingerprint density at radius 3 is 2.55 bits per heavy atom. The highest BCUT2D eigenvalue weighted by molar-refractivity contribution is 5.33. The number of ether oxygens (including phenoxy) is 1. The average Bonchev–Trinajstić information content (AvgIpc) is 2.50. The van der Waals surface area contributed by atoms with E-state index in [2.05, 4.69) is 49.2 Å². The molecule has 0 aliphatic heterocycles. The van der Waals surface area contributed by atoms with Crippen molar-refractivity contribution in [2.24, 2.45) is 0 Å². The van der Waals surface area contributed by atoms with Crippen LogP contribution >= 0.6 is 0 Å². The van der Waals surface area contributed by atoms with Gasteiger partial charge in [0.25, 0.3) is 0 Å². The van der Waals surface area contributed by atoms with Gasteiger partial charge >= 0.3 is 0 Å². The number of hydrogen-bond acceptors (Lipinski definition) is 3. The maximum Gasteiger partial charge on any atom is 0.123 e. The van der Waals surface area contributed by atoms with E-state index in [1.165, 1.54) is 18.5 Å². The SMILES string of the molecule is CCCOc1ccccc1CNCCCN(CC)CC. The second-order valence-electron chi connectivity index (χ2n) is 5.01. The van der Waals surface area contributed by atoms with Gasteiger partial charge in [0.1, 0.15) is 5.75 Å². The summed E-state index contributed by atoms with van der Waals surface area (Å²) in [5.74, 6) is 1.02. The lowest BCUT2D eigenvalue weighted by atomic mass is 10.2. The second kappa shape index (κ2) is 10.7. The van der Waals surface area contributed by atoms with E-state index in [9.17, 15) is 0 Å². The first kappa shape index (κ1) is 17.0. The minimum atomic E-state index is 0.791. The molecule has 1 N–H and O–H groups in total. The molecule has 0 heterocycles. The standard InChI is InChI=1S/C17H30N2O/c1-4-14-20-17-11-8-7-10-16(17)15-18-12-9-13-19(5-2)6-3/h7-8,10-11,18H,4-6,9,12-15H2,1-3H3. The van der Waals surface area contributed by atoms with Crippen molar-refractivity contribution in [3.8, 4) is 5.75 Å². The Morgan fingerprint density at radius 1 is 1.10 bits per heavy atom. The maximum absolute atomic E-state index is 5.77. The third-order valence-electron chi connectivity index (χ3n) is 3.47. The molecule has 0 aliphatic carbocycles. The van der Waals surface area contributed by atoms with Crippen molar-refractivity contribution in [1.82, 2.24) is 10.2 Å². The molecule has 0 saturated heterocycles. The van der Waals surface area contributed by atoms with Gasteiger partial charge < -0.3 is 15.0 Å². The highest BCUT2D eigenvalue weighted by Gasteiger charge is 2.02. The molecule has 0 unspecified atom stereocenters. The van der Waals surface area contributed by atoms with Crippen LogP contribution in [0.15, 0.2) is 24.3 Å². The van der Waals surface area contributed by atoms with Crippen molar-refractivity contribution in [1.29, 1.82) is 0 Å². The summed E-state index contributed by atoms with van der Waals surface area (Å²) in [6.45, 7) is 12.8. The summed E-state index contributed by atoms with van der Waals surface area (Å²) < 4.78 is 5.77. The molecule has 1 rings (SSSR count). The van der Waals surface area contributed by atoms with Crippen LogP contribution in [0.2, 0.25) is 0 Å². The van der Waals surface area contributed by atoms with Crippen LogP contribution in [0, 0.1) is 0 Å². The molecular formula is C17H30N2O. The number of nitrogens with one attached hydrogen (secondary N) is 1. The number of para-hydroxylation sites is 1. The minimum Gasteiger partial charge on any atom is -0.493 e. The first-order valence-electron chi connectivity index (χ1n) is 7.95. The third-order valence-corrected chi connectivity index (χ3v) is 3.47. The highest BCUT2D eigenvalue weighted by atomic mass is 16.5. The van der Waals surface area contributed by atoms with Crippen LogP contribution in [0.3, 0.4) is 0 Å². The molecule has 0 amide bonds. The normalized spacial score (nSPS) is 11.0. The zero-order valence-electron chi connectivity index (χ0n) is 13.3. The van der Waals surface area contributed by atoms with E-state index in [4.69, 9.17) is 4.74 Å². The van der Waals surface area contributed by atoms with E-state index in [0.717, 1.165) is 45.0 Å². The smallest absolute Gasteiger partial charge is 0.123 e. The molecule has 0 radical (unpaired) electrons. The summed E-state index contributed by atoms with van der Waals surface area (Å²) >= 11 is 0. The molecular weight excluding hydrogens is 248 g/mol. The van der Waals surface area contributed by atoms with E-state index in [1.54, 1.807) is 0 Å². The number of rotatable bonds is 11. The highest BCUT2D eigenvalue weighted by Crippen LogP contribution is 2.17. The Bertz CT molecular complexity index is 351. The van der Waals surface area contributed by atoms with E-state index >= 15 is 0 Å². The Balaban J connectivity index is 2.27. The quantitative estimate of drug-likeness (QED) is 0.629. The number of hydrogen-bond donors (Lipinski definition) is 1. The lowest BCUT2D eigenvalue weighted by Crippen LogP contribution is -2.27. The molecule has 1 aromatic rings. The van der Waals surface area contributed by atoms with Crippen molar-refractivity contribution >= 4 is 0 Å². The number of nitrogens with zero attached hydrogens (tertiary/aromatic N) is 1. The Labute approximate surface area is 124 Å². The van der Waals surface area contributed by atoms with Crippen LogP contribution in [0.4, 0.5) is 0 Å². The summed E-state index contributed by atoms with van der Waals surface area (Å²) in [4.78, 5) is 2.46. The molecule has 0 fully saturated rings. The van der Waals surface area contributed by atoms with Gasteiger partial charge in [-0.3, -0.25) is 0 Å². The largest absolute Gasteiger partial charge is 0.493 e. The van der Waals surface area contributed by atoms with Crippen LogP contribution in [-0.4, -0.2) is 37.7 Å². The van der Waals surface area contributed by atoms with E-state index in [1.807, 2.05) is 6.07 Å². The molecule has 0 saturated carbocycles. The molecule has 20 heavy (non-hydrogen) atoms. The molecule has 0 spiro atoms. The second-order valence-corrected chi connectivity index (χ2v) is 5.01. The van der Waals surface area contributed by atoms with Gasteiger partial charge in [-0.2, -0.15) is 0 Å². The van der Waals surface area contributed by atoms with Crippen molar-refractivity contribution < 1.29 is 4.74 Å². The van der Waals surface area contributed by atoms with Crippen LogP contribution in [0.25, 0.3) is 0 Å². The van der Waals surface area contributed by atoms with Gasteiger partial charge in [-0.25, -0.2) is 0 Å². The lowest BCUT2D eigenvalue weighted by molar-refractivity contribution is 0.297. The Hall–Kier alpha value is -1.06. The molecule has 3 heteroatoms. The summed E-state index contributed by atoms with van der Waals surface area (Å²) in [6, 6.07) is 8.31. The van der Waals surface area contributed by atoms with Gasteiger partial charge in [-0.1, -0.05) is 39.0 Å². The Kier molecular flexibility index (Phi) is 9.09. The molecule has 3 nitrogen and oxygen atoms in total. The predicted molar refractivity (Wildman–Crippen MR) is 86.3 cm³/mol. The molecule has 114 valence electrons. The lowest BCUT2D eigenvalue weighted by Gasteiger charge is -2.18. The maximum atomic E-state index is 5.77. The van der Waals surface area contributed by atoms with Crippen molar-refractivity contribution in [3.05, 3.63) is 29.8 Å². The molecule has 1 aromatic carbocycles.